The summed E-state index contributed by atoms with van der Waals surface area (Å²) in [5.41, 5.74) is 2.52. The molecule has 0 aromatic carbocycles. The number of pyridine rings is 2. The van der Waals surface area contributed by atoms with Crippen molar-refractivity contribution in [2.45, 2.75) is 13.8 Å². The Bertz CT molecular complexity index is 311. The average Bonchev–Trinajstić information content (AvgIpc) is 2.21. The first-order valence-corrected chi connectivity index (χ1v) is 4.52. The van der Waals surface area contributed by atoms with Crippen LogP contribution in [-0.2, 0) is 17.1 Å². The van der Waals surface area contributed by atoms with E-state index in [2.05, 4.69) is 9.97 Å². The molecule has 0 bridgehead atoms. The van der Waals surface area contributed by atoms with E-state index in [9.17, 15) is 0 Å². The fourth-order valence-corrected chi connectivity index (χ4v) is 0.853. The summed E-state index contributed by atoms with van der Waals surface area (Å²) >= 11 is 0. The van der Waals surface area contributed by atoms with Crippen molar-refractivity contribution in [2.24, 2.45) is 0 Å². The van der Waals surface area contributed by atoms with Gasteiger partial charge in [-0.15, -0.1) is 0 Å². The molecule has 2 heterocycles. The molecule has 15 heavy (non-hydrogen) atoms. The summed E-state index contributed by atoms with van der Waals surface area (Å²) in [5, 5.41) is 0. The first-order valence-electron chi connectivity index (χ1n) is 4.52. The number of hydrogen-bond donors (Lipinski definition) is 0. The third-order valence-corrected chi connectivity index (χ3v) is 1.69. The third-order valence-electron chi connectivity index (χ3n) is 1.69. The summed E-state index contributed by atoms with van der Waals surface area (Å²) < 4.78 is 0. The van der Waals surface area contributed by atoms with Crippen LogP contribution in [0.25, 0.3) is 0 Å². The van der Waals surface area contributed by atoms with Gasteiger partial charge in [0.25, 0.3) is 0 Å². The molecule has 2 nitrogen and oxygen atoms in total. The normalized spacial score (nSPS) is 8.13. The molecule has 0 aliphatic rings. The van der Waals surface area contributed by atoms with E-state index >= 15 is 0 Å². The molecular weight excluding hydrogens is 236 g/mol. The molecule has 2 rings (SSSR count). The van der Waals surface area contributed by atoms with Gasteiger partial charge in [0.15, 0.2) is 0 Å². The number of aryl methyl sites for hydroxylation is 2. The number of aromatic nitrogens is 2. The average molecular weight is 250 g/mol. The molecular formula is C12H14CuN2+2. The molecule has 0 amide bonds. The van der Waals surface area contributed by atoms with Gasteiger partial charge in [0.1, 0.15) is 0 Å². The van der Waals surface area contributed by atoms with Crippen LogP contribution in [-0.4, -0.2) is 9.97 Å². The largest absolute Gasteiger partial charge is 2.00 e. The van der Waals surface area contributed by atoms with E-state index in [4.69, 9.17) is 0 Å². The van der Waals surface area contributed by atoms with Gasteiger partial charge in [-0.25, -0.2) is 0 Å². The SMILES string of the molecule is Cc1ccncc1.Cc1ccncc1.[Cu+2]. The second kappa shape index (κ2) is 8.15. The molecule has 0 spiro atoms. The topological polar surface area (TPSA) is 25.8 Å². The number of rotatable bonds is 0. The summed E-state index contributed by atoms with van der Waals surface area (Å²) in [5.74, 6) is 0. The van der Waals surface area contributed by atoms with Gasteiger partial charge in [-0.2, -0.15) is 0 Å². The van der Waals surface area contributed by atoms with Crippen molar-refractivity contribution in [3.05, 3.63) is 60.2 Å². The standard InChI is InChI=1S/2C6H7N.Cu/c2*1-6-2-4-7-5-3-6;/h2*2-5H,1H3;/q;;+2. The van der Waals surface area contributed by atoms with E-state index in [0.717, 1.165) is 0 Å². The zero-order chi connectivity index (χ0) is 10.2. The van der Waals surface area contributed by atoms with Crippen molar-refractivity contribution in [2.75, 3.05) is 0 Å². The summed E-state index contributed by atoms with van der Waals surface area (Å²) in [6.07, 6.45) is 7.15. The molecule has 0 aliphatic carbocycles. The summed E-state index contributed by atoms with van der Waals surface area (Å²) in [6, 6.07) is 7.89. The molecule has 0 atom stereocenters. The van der Waals surface area contributed by atoms with Crippen molar-refractivity contribution in [3.8, 4) is 0 Å². The zero-order valence-corrected chi connectivity index (χ0v) is 9.76. The van der Waals surface area contributed by atoms with Crippen LogP contribution in [0.4, 0.5) is 0 Å². The summed E-state index contributed by atoms with van der Waals surface area (Å²) in [6.45, 7) is 4.09. The Morgan fingerprint density at radius 2 is 0.933 bits per heavy atom. The molecule has 0 fully saturated rings. The van der Waals surface area contributed by atoms with Crippen LogP contribution in [0.5, 0.6) is 0 Å². The first-order chi connectivity index (χ1) is 6.79. The Kier molecular flexibility index (Phi) is 7.51. The maximum absolute atomic E-state index is 3.85. The van der Waals surface area contributed by atoms with E-state index in [1.807, 2.05) is 38.1 Å². The number of hydrogen-bond acceptors (Lipinski definition) is 2. The van der Waals surface area contributed by atoms with Crippen LogP contribution in [0.2, 0.25) is 0 Å². The molecule has 81 valence electrons. The smallest absolute Gasteiger partial charge is 0.265 e. The maximum atomic E-state index is 3.85. The fourth-order valence-electron chi connectivity index (χ4n) is 0.853. The van der Waals surface area contributed by atoms with Crippen LogP contribution in [0.15, 0.2) is 49.1 Å². The van der Waals surface area contributed by atoms with Crippen molar-refractivity contribution in [1.82, 2.24) is 9.97 Å². The van der Waals surface area contributed by atoms with E-state index in [0.29, 0.717) is 0 Å². The summed E-state index contributed by atoms with van der Waals surface area (Å²) in [7, 11) is 0. The predicted octanol–water partition coefficient (Wildman–Crippen LogP) is 2.78. The zero-order valence-electron chi connectivity index (χ0n) is 8.81. The third kappa shape index (κ3) is 6.83. The van der Waals surface area contributed by atoms with Crippen LogP contribution in [0.3, 0.4) is 0 Å². The van der Waals surface area contributed by atoms with Crippen LogP contribution in [0.1, 0.15) is 11.1 Å². The minimum atomic E-state index is 0. The molecule has 3 heteroatoms. The van der Waals surface area contributed by atoms with E-state index < -0.39 is 0 Å². The van der Waals surface area contributed by atoms with Crippen LogP contribution < -0.4 is 0 Å². The van der Waals surface area contributed by atoms with E-state index in [1.165, 1.54) is 11.1 Å². The second-order valence-electron chi connectivity index (χ2n) is 3.05. The minimum Gasteiger partial charge on any atom is -0.265 e. The van der Waals surface area contributed by atoms with Gasteiger partial charge in [-0.1, -0.05) is 0 Å². The van der Waals surface area contributed by atoms with Gasteiger partial charge in [0.05, 0.1) is 0 Å². The molecule has 1 radical (unpaired) electrons. The Balaban J connectivity index is 0.000000245. The fraction of sp³-hybridized carbons (Fsp3) is 0.167. The van der Waals surface area contributed by atoms with Gasteiger partial charge >= 0.3 is 17.1 Å². The van der Waals surface area contributed by atoms with Crippen molar-refractivity contribution < 1.29 is 17.1 Å². The number of nitrogens with zero attached hydrogens (tertiary/aromatic N) is 2. The van der Waals surface area contributed by atoms with Crippen LogP contribution in [0, 0.1) is 13.8 Å². The molecule has 0 saturated carbocycles. The van der Waals surface area contributed by atoms with Gasteiger partial charge in [-0.3, -0.25) is 9.97 Å². The predicted molar refractivity (Wildman–Crippen MR) is 57.9 cm³/mol. The quantitative estimate of drug-likeness (QED) is 0.671. The van der Waals surface area contributed by atoms with Crippen molar-refractivity contribution in [1.29, 1.82) is 0 Å². The van der Waals surface area contributed by atoms with Gasteiger partial charge in [-0.05, 0) is 49.2 Å². The van der Waals surface area contributed by atoms with Gasteiger partial charge in [0, 0.05) is 24.8 Å². The van der Waals surface area contributed by atoms with Crippen molar-refractivity contribution >= 4 is 0 Å². The Morgan fingerprint density at radius 3 is 1.07 bits per heavy atom. The van der Waals surface area contributed by atoms with Crippen LogP contribution >= 0.6 is 0 Å². The van der Waals surface area contributed by atoms with Gasteiger partial charge < -0.3 is 0 Å². The second-order valence-corrected chi connectivity index (χ2v) is 3.05. The summed E-state index contributed by atoms with van der Waals surface area (Å²) in [4.78, 5) is 7.69. The molecule has 2 aromatic rings. The molecule has 0 saturated heterocycles. The maximum Gasteiger partial charge on any atom is 2.00 e. The van der Waals surface area contributed by atoms with E-state index in [1.54, 1.807) is 24.8 Å². The van der Waals surface area contributed by atoms with Crippen molar-refractivity contribution in [3.63, 3.8) is 0 Å². The van der Waals surface area contributed by atoms with Gasteiger partial charge in [0.2, 0.25) is 0 Å². The van der Waals surface area contributed by atoms with E-state index in [-0.39, 0.29) is 17.1 Å². The molecule has 0 unspecified atom stereocenters. The first kappa shape index (κ1) is 13.8. The molecule has 0 N–H and O–H groups in total. The monoisotopic (exact) mass is 249 g/mol. The Hall–Kier alpha value is -1.18. The molecule has 2 aromatic heterocycles. The Labute approximate surface area is 101 Å². The Morgan fingerprint density at radius 1 is 0.667 bits per heavy atom. The molecule has 0 aliphatic heterocycles. The minimum absolute atomic E-state index is 0.